The molecule has 2 saturated heterocycles. The molecule has 11 heavy (non-hydrogen) atoms. The molecule has 0 amide bonds. The normalized spacial score (nSPS) is 37.8. The van der Waals surface area contributed by atoms with Crippen LogP contribution in [0.1, 0.15) is 6.42 Å². The zero-order valence-electron chi connectivity index (χ0n) is 7.39. The quantitative estimate of drug-likeness (QED) is 0.583. The Balaban J connectivity index is 2.33. The summed E-state index contributed by atoms with van der Waals surface area (Å²) in [7, 11) is -0.340. The first-order valence-corrected chi connectivity index (χ1v) is 7.49. The molecule has 2 fully saturated rings. The minimum absolute atomic E-state index is 1.12. The molecular weight excluding hydrogens is 156 g/mol. The first-order chi connectivity index (χ1) is 5.18. The van der Waals surface area contributed by atoms with E-state index in [0.29, 0.717) is 0 Å². The van der Waals surface area contributed by atoms with Crippen LogP contribution in [0.25, 0.3) is 0 Å². The van der Waals surface area contributed by atoms with Crippen LogP contribution in [0, 0.1) is 0 Å². The van der Waals surface area contributed by atoms with Gasteiger partial charge in [-0.15, -0.1) is 0 Å². The molecule has 2 aliphatic heterocycles. The zero-order chi connectivity index (χ0) is 7.97. The molecule has 2 rings (SSSR count). The van der Waals surface area contributed by atoms with E-state index in [1.165, 1.54) is 25.6 Å². The molecule has 2 heterocycles. The SMILES string of the molecule is CO[Si-]12(C)CCCN1CCN2. The van der Waals surface area contributed by atoms with E-state index in [4.69, 9.17) is 4.43 Å². The van der Waals surface area contributed by atoms with Crippen molar-refractivity contribution in [1.29, 1.82) is 0 Å². The molecule has 0 aromatic rings. The fraction of sp³-hybridized carbons (Fsp3) is 1.00. The van der Waals surface area contributed by atoms with Gasteiger partial charge < -0.3 is 0 Å². The zero-order valence-corrected chi connectivity index (χ0v) is 8.39. The molecule has 2 aliphatic rings. The Morgan fingerprint density at radius 2 is 2.27 bits per heavy atom. The number of rotatable bonds is 1. The second-order valence-electron chi connectivity index (χ2n) is 4.04. The summed E-state index contributed by atoms with van der Waals surface area (Å²) < 4.78 is 8.33. The summed E-state index contributed by atoms with van der Waals surface area (Å²) in [6.45, 7) is 5.88. The van der Waals surface area contributed by atoms with Crippen molar-refractivity contribution in [2.75, 3.05) is 26.7 Å². The van der Waals surface area contributed by atoms with Crippen molar-refractivity contribution in [3.05, 3.63) is 0 Å². The third kappa shape index (κ3) is 0.839. The number of hydrogen-bond acceptors (Lipinski definition) is 3. The van der Waals surface area contributed by atoms with Gasteiger partial charge in [-0.3, -0.25) is 0 Å². The van der Waals surface area contributed by atoms with Gasteiger partial charge in [0.15, 0.2) is 0 Å². The van der Waals surface area contributed by atoms with Crippen LogP contribution in [0.4, 0.5) is 0 Å². The molecule has 0 spiro atoms. The summed E-state index contributed by atoms with van der Waals surface area (Å²) >= 11 is 0. The van der Waals surface area contributed by atoms with Crippen LogP contribution in [-0.2, 0) is 4.43 Å². The van der Waals surface area contributed by atoms with Gasteiger partial charge >= 0.3 is 67.6 Å². The Morgan fingerprint density at radius 3 is 2.91 bits per heavy atom. The van der Waals surface area contributed by atoms with Crippen LogP contribution in [0.15, 0.2) is 0 Å². The van der Waals surface area contributed by atoms with E-state index in [2.05, 4.69) is 16.1 Å². The van der Waals surface area contributed by atoms with Gasteiger partial charge in [-0.25, -0.2) is 0 Å². The summed E-state index contributed by atoms with van der Waals surface area (Å²) in [6.07, 6.45) is 1.31. The molecule has 0 radical (unpaired) electrons. The van der Waals surface area contributed by atoms with Crippen molar-refractivity contribution in [3.8, 4) is 0 Å². The van der Waals surface area contributed by atoms with Crippen LogP contribution < -0.4 is 4.98 Å². The van der Waals surface area contributed by atoms with Gasteiger partial charge in [-0.05, 0) is 0 Å². The van der Waals surface area contributed by atoms with Crippen molar-refractivity contribution in [1.82, 2.24) is 9.55 Å². The van der Waals surface area contributed by atoms with Gasteiger partial charge in [0.1, 0.15) is 0 Å². The second-order valence-corrected chi connectivity index (χ2v) is 9.56. The molecule has 1 N–H and O–H groups in total. The van der Waals surface area contributed by atoms with Crippen molar-refractivity contribution >= 4 is 7.92 Å². The molecule has 0 unspecified atom stereocenters. The topological polar surface area (TPSA) is 24.5 Å². The molecule has 0 aromatic carbocycles. The molecule has 0 aliphatic carbocycles. The average molecular weight is 173 g/mol. The maximum atomic E-state index is 5.78. The van der Waals surface area contributed by atoms with Crippen molar-refractivity contribution in [2.24, 2.45) is 0 Å². The monoisotopic (exact) mass is 173 g/mol. The summed E-state index contributed by atoms with van der Waals surface area (Å²) in [5.41, 5.74) is 0. The molecule has 0 aromatic heterocycles. The van der Waals surface area contributed by atoms with Crippen molar-refractivity contribution < 1.29 is 4.43 Å². The van der Waals surface area contributed by atoms with Gasteiger partial charge in [0.2, 0.25) is 0 Å². The van der Waals surface area contributed by atoms with Gasteiger partial charge in [-0.2, -0.15) is 0 Å². The van der Waals surface area contributed by atoms with Gasteiger partial charge in [-0.1, -0.05) is 0 Å². The Morgan fingerprint density at radius 1 is 1.45 bits per heavy atom. The van der Waals surface area contributed by atoms with Crippen LogP contribution in [-0.4, -0.2) is 39.2 Å². The first-order valence-electron chi connectivity index (χ1n) is 4.43. The fourth-order valence-electron chi connectivity index (χ4n) is 2.56. The fourth-order valence-corrected chi connectivity index (χ4v) is 7.06. The summed E-state index contributed by atoms with van der Waals surface area (Å²) in [4.78, 5) is 3.61. The first kappa shape index (κ1) is 7.73. The molecule has 0 atom stereocenters. The molecule has 66 valence electrons. The Bertz CT molecular complexity index is 175. The molecule has 0 bridgehead atoms. The van der Waals surface area contributed by atoms with Crippen LogP contribution in [0.5, 0.6) is 0 Å². The van der Waals surface area contributed by atoms with Crippen molar-refractivity contribution in [2.45, 2.75) is 19.0 Å². The van der Waals surface area contributed by atoms with E-state index in [1.54, 1.807) is 0 Å². The van der Waals surface area contributed by atoms with Crippen LogP contribution in [0.3, 0.4) is 0 Å². The number of hydrogen-bond donors (Lipinski definition) is 1. The summed E-state index contributed by atoms with van der Waals surface area (Å²) in [5, 5.41) is 0. The Labute approximate surface area is 68.4 Å². The van der Waals surface area contributed by atoms with Gasteiger partial charge in [0.05, 0.1) is 0 Å². The molecule has 0 saturated carbocycles. The van der Waals surface area contributed by atoms with Gasteiger partial charge in [0.25, 0.3) is 0 Å². The summed E-state index contributed by atoms with van der Waals surface area (Å²) in [6, 6.07) is 1.26. The van der Waals surface area contributed by atoms with E-state index >= 15 is 0 Å². The van der Waals surface area contributed by atoms with E-state index in [9.17, 15) is 0 Å². The van der Waals surface area contributed by atoms with Crippen LogP contribution >= 0.6 is 0 Å². The predicted molar refractivity (Wildman–Crippen MR) is 47.6 cm³/mol. The van der Waals surface area contributed by atoms with E-state index in [0.717, 1.165) is 6.54 Å². The number of fused-ring (bicyclic) bond motifs is 1. The molecule has 3 nitrogen and oxygen atoms in total. The number of nitrogens with zero attached hydrogens (tertiary/aromatic N) is 1. The van der Waals surface area contributed by atoms with E-state index in [-0.39, 0.29) is 0 Å². The average Bonchev–Trinajstić information content (AvgIpc) is 2.44. The molecule has 4 heteroatoms. The molecular formula is C7H17N2OSi-. The minimum atomic E-state index is -2.21. The number of nitrogens with one attached hydrogen (secondary N) is 1. The Kier molecular flexibility index (Phi) is 1.45. The van der Waals surface area contributed by atoms with Crippen molar-refractivity contribution in [3.63, 3.8) is 0 Å². The van der Waals surface area contributed by atoms with E-state index < -0.39 is 7.92 Å². The maximum absolute atomic E-state index is 5.78. The van der Waals surface area contributed by atoms with Crippen LogP contribution in [0.2, 0.25) is 12.6 Å². The third-order valence-electron chi connectivity index (χ3n) is 3.52. The van der Waals surface area contributed by atoms with E-state index in [1.807, 2.05) is 7.11 Å². The Hall–Kier alpha value is 0.0969. The summed E-state index contributed by atoms with van der Waals surface area (Å²) in [5.74, 6) is 0. The third-order valence-corrected chi connectivity index (χ3v) is 9.39. The predicted octanol–water partition coefficient (Wildman–Crippen LogP) is 0.464. The second kappa shape index (κ2) is 2.07. The van der Waals surface area contributed by atoms with Gasteiger partial charge in [0, 0.05) is 0 Å². The standard InChI is InChI=1S/C7H17N2OSi/c1-10-11(2)7-3-5-9(11)6-4-8-11/h8H,3-7H2,1-2H3/q-1.